The molecule has 0 saturated heterocycles. The van der Waals surface area contributed by atoms with Gasteiger partial charge in [-0.2, -0.15) is 0 Å². The minimum atomic E-state index is -0.681. The number of pyridine rings is 1. The molecule has 1 aliphatic rings. The summed E-state index contributed by atoms with van der Waals surface area (Å²) < 4.78 is 24.5. The number of nitrogens with one attached hydrogen (secondary N) is 2. The van der Waals surface area contributed by atoms with E-state index >= 15 is 0 Å². The molecule has 8 heteroatoms. The summed E-state index contributed by atoms with van der Waals surface area (Å²) in [4.78, 5) is 16.5. The van der Waals surface area contributed by atoms with Crippen LogP contribution < -0.4 is 20.1 Å². The van der Waals surface area contributed by atoms with Crippen molar-refractivity contribution >= 4 is 29.0 Å². The van der Waals surface area contributed by atoms with Crippen LogP contribution in [0.1, 0.15) is 15.9 Å². The van der Waals surface area contributed by atoms with Gasteiger partial charge < -0.3 is 20.1 Å². The molecule has 2 aromatic carbocycles. The van der Waals surface area contributed by atoms with E-state index in [1.807, 2.05) is 18.2 Å². The summed E-state index contributed by atoms with van der Waals surface area (Å²) in [5.41, 5.74) is 1.24. The molecule has 1 amide bonds. The third-order valence-electron chi connectivity index (χ3n) is 4.12. The van der Waals surface area contributed by atoms with Crippen LogP contribution in [0.25, 0.3) is 0 Å². The molecular weight excluding hydrogens is 385 g/mol. The topological polar surface area (TPSA) is 72.5 Å². The van der Waals surface area contributed by atoms with E-state index in [0.29, 0.717) is 18.1 Å². The van der Waals surface area contributed by atoms with E-state index in [1.54, 1.807) is 12.1 Å². The van der Waals surface area contributed by atoms with Gasteiger partial charge in [0.2, 0.25) is 6.79 Å². The van der Waals surface area contributed by atoms with E-state index in [4.69, 9.17) is 21.1 Å². The minimum absolute atomic E-state index is 0.0486. The molecule has 0 bridgehead atoms. The van der Waals surface area contributed by atoms with Gasteiger partial charge in [0.05, 0.1) is 22.5 Å². The highest BCUT2D eigenvalue weighted by Gasteiger charge is 2.16. The number of benzene rings is 2. The number of carbonyl (C=O) groups excluding carboxylic acids is 1. The molecule has 28 heavy (non-hydrogen) atoms. The number of hydrogen-bond acceptors (Lipinski definition) is 5. The largest absolute Gasteiger partial charge is 0.454 e. The van der Waals surface area contributed by atoms with Crippen LogP contribution in [0.5, 0.6) is 11.5 Å². The van der Waals surface area contributed by atoms with Gasteiger partial charge in [0, 0.05) is 6.54 Å². The second-order valence-electron chi connectivity index (χ2n) is 6.02. The van der Waals surface area contributed by atoms with Crippen molar-refractivity contribution in [1.29, 1.82) is 0 Å². The Balaban J connectivity index is 1.38. The summed E-state index contributed by atoms with van der Waals surface area (Å²) in [5.74, 6) is 0.764. The van der Waals surface area contributed by atoms with Gasteiger partial charge >= 0.3 is 0 Å². The minimum Gasteiger partial charge on any atom is -0.454 e. The molecule has 0 aliphatic carbocycles. The average Bonchev–Trinajstić information content (AvgIpc) is 3.15. The van der Waals surface area contributed by atoms with Crippen molar-refractivity contribution in [3.05, 3.63) is 76.7 Å². The standard InChI is InChI=1S/C20H15ClFN3O3/c21-14-2-1-3-15(22)19(14)20(26)25-13-5-7-18(24-10-13)23-9-12-4-6-16-17(8-12)28-11-27-16/h1-8,10H,9,11H2,(H,23,24)(H,25,26). The molecular formula is C20H15ClFN3O3. The van der Waals surface area contributed by atoms with Crippen molar-refractivity contribution in [3.63, 3.8) is 0 Å². The Morgan fingerprint density at radius 3 is 2.79 bits per heavy atom. The SMILES string of the molecule is O=C(Nc1ccc(NCc2ccc3c(c2)OCO3)nc1)c1c(F)cccc1Cl. The fraction of sp³-hybridized carbons (Fsp3) is 0.100. The highest BCUT2D eigenvalue weighted by Crippen LogP contribution is 2.32. The summed E-state index contributed by atoms with van der Waals surface area (Å²) in [7, 11) is 0. The van der Waals surface area contributed by atoms with Crippen LogP contribution in [0.4, 0.5) is 15.9 Å². The Morgan fingerprint density at radius 1 is 1.14 bits per heavy atom. The summed E-state index contributed by atoms with van der Waals surface area (Å²) in [5, 5.41) is 5.81. The molecule has 0 unspecified atom stereocenters. The number of ether oxygens (including phenoxy) is 2. The first-order chi connectivity index (χ1) is 13.6. The molecule has 0 spiro atoms. The molecule has 3 aromatic rings. The predicted molar refractivity (Wildman–Crippen MR) is 103 cm³/mol. The molecule has 0 fully saturated rings. The van der Waals surface area contributed by atoms with Crippen molar-refractivity contribution in [3.8, 4) is 11.5 Å². The van der Waals surface area contributed by atoms with Crippen LogP contribution in [-0.4, -0.2) is 17.7 Å². The lowest BCUT2D eigenvalue weighted by Gasteiger charge is -2.09. The zero-order valence-corrected chi connectivity index (χ0v) is 15.3. The van der Waals surface area contributed by atoms with E-state index in [9.17, 15) is 9.18 Å². The van der Waals surface area contributed by atoms with E-state index < -0.39 is 11.7 Å². The van der Waals surface area contributed by atoms with Gasteiger partial charge in [-0.3, -0.25) is 4.79 Å². The number of halogens is 2. The lowest BCUT2D eigenvalue weighted by molar-refractivity contribution is 0.102. The summed E-state index contributed by atoms with van der Waals surface area (Å²) in [6.45, 7) is 0.777. The van der Waals surface area contributed by atoms with Crippen molar-refractivity contribution in [2.24, 2.45) is 0 Å². The second kappa shape index (κ2) is 7.74. The highest BCUT2D eigenvalue weighted by atomic mass is 35.5. The van der Waals surface area contributed by atoms with Gasteiger partial charge in [0.15, 0.2) is 11.5 Å². The number of nitrogens with zero attached hydrogens (tertiary/aromatic N) is 1. The monoisotopic (exact) mass is 399 g/mol. The summed E-state index contributed by atoms with van der Waals surface area (Å²) in [6.07, 6.45) is 1.48. The van der Waals surface area contributed by atoms with Gasteiger partial charge in [-0.1, -0.05) is 23.7 Å². The van der Waals surface area contributed by atoms with Gasteiger partial charge in [-0.25, -0.2) is 9.37 Å². The first kappa shape index (κ1) is 18.1. The van der Waals surface area contributed by atoms with Crippen molar-refractivity contribution in [2.75, 3.05) is 17.4 Å². The van der Waals surface area contributed by atoms with Gasteiger partial charge in [0.1, 0.15) is 11.6 Å². The number of amides is 1. The number of rotatable bonds is 5. The van der Waals surface area contributed by atoms with E-state index in [2.05, 4.69) is 15.6 Å². The maximum atomic E-state index is 13.8. The van der Waals surface area contributed by atoms with Crippen molar-refractivity contribution in [2.45, 2.75) is 6.54 Å². The lowest BCUT2D eigenvalue weighted by Crippen LogP contribution is -2.14. The molecule has 142 valence electrons. The van der Waals surface area contributed by atoms with Crippen LogP contribution in [0.2, 0.25) is 5.02 Å². The number of hydrogen-bond donors (Lipinski definition) is 2. The number of fused-ring (bicyclic) bond motifs is 1. The first-order valence-corrected chi connectivity index (χ1v) is 8.82. The van der Waals surface area contributed by atoms with Crippen LogP contribution in [0.3, 0.4) is 0 Å². The average molecular weight is 400 g/mol. The first-order valence-electron chi connectivity index (χ1n) is 8.44. The third-order valence-corrected chi connectivity index (χ3v) is 4.44. The van der Waals surface area contributed by atoms with Gasteiger partial charge in [-0.15, -0.1) is 0 Å². The summed E-state index contributed by atoms with van der Waals surface area (Å²) >= 11 is 5.91. The Kier molecular flexibility index (Phi) is 4.99. The molecule has 0 saturated carbocycles. The Bertz CT molecular complexity index is 1010. The smallest absolute Gasteiger partial charge is 0.260 e. The fourth-order valence-corrected chi connectivity index (χ4v) is 2.97. The summed E-state index contributed by atoms with van der Waals surface area (Å²) in [6, 6.07) is 13.2. The molecule has 1 aromatic heterocycles. The second-order valence-corrected chi connectivity index (χ2v) is 6.43. The Labute approximate surface area is 165 Å². The molecule has 2 N–H and O–H groups in total. The van der Waals surface area contributed by atoms with Crippen LogP contribution >= 0.6 is 11.6 Å². The van der Waals surface area contributed by atoms with E-state index in [1.165, 1.54) is 24.4 Å². The van der Waals surface area contributed by atoms with Crippen LogP contribution in [0.15, 0.2) is 54.7 Å². The maximum absolute atomic E-state index is 13.8. The van der Waals surface area contributed by atoms with Crippen molar-refractivity contribution in [1.82, 2.24) is 4.98 Å². The number of carbonyl (C=O) groups is 1. The predicted octanol–water partition coefficient (Wildman–Crippen LogP) is 4.47. The van der Waals surface area contributed by atoms with Crippen LogP contribution in [-0.2, 0) is 6.54 Å². The highest BCUT2D eigenvalue weighted by molar-refractivity contribution is 6.34. The van der Waals surface area contributed by atoms with E-state index in [-0.39, 0.29) is 17.4 Å². The maximum Gasteiger partial charge on any atom is 0.260 e. The van der Waals surface area contributed by atoms with Gasteiger partial charge in [-0.05, 0) is 42.0 Å². The van der Waals surface area contributed by atoms with Crippen LogP contribution in [0, 0.1) is 5.82 Å². The van der Waals surface area contributed by atoms with E-state index in [0.717, 1.165) is 17.1 Å². The molecule has 6 nitrogen and oxygen atoms in total. The Morgan fingerprint density at radius 2 is 2.00 bits per heavy atom. The molecule has 1 aliphatic heterocycles. The zero-order chi connectivity index (χ0) is 19.5. The number of anilines is 2. The quantitative estimate of drug-likeness (QED) is 0.662. The van der Waals surface area contributed by atoms with Crippen molar-refractivity contribution < 1.29 is 18.7 Å². The fourth-order valence-electron chi connectivity index (χ4n) is 2.72. The molecule has 4 rings (SSSR count). The third kappa shape index (κ3) is 3.84. The molecule has 2 heterocycles. The zero-order valence-electron chi connectivity index (χ0n) is 14.5. The number of aromatic nitrogens is 1. The Hall–Kier alpha value is -3.32. The molecule has 0 radical (unpaired) electrons. The normalized spacial score (nSPS) is 11.9. The lowest BCUT2D eigenvalue weighted by atomic mass is 10.2. The van der Waals surface area contributed by atoms with Gasteiger partial charge in [0.25, 0.3) is 5.91 Å². The molecule has 0 atom stereocenters.